The SMILES string of the molecule is [CH2-]C.[CH2-]Nc1ccc(CC2CCC(C(O)c3cccnc3)C2)cc1.[Y]. The van der Waals surface area contributed by atoms with Crippen LogP contribution in [0.4, 0.5) is 5.69 Å². The van der Waals surface area contributed by atoms with E-state index in [0.29, 0.717) is 11.8 Å². The topological polar surface area (TPSA) is 45.1 Å². The molecule has 1 aromatic carbocycles. The van der Waals surface area contributed by atoms with Gasteiger partial charge in [0.1, 0.15) is 0 Å². The number of nitrogens with zero attached hydrogens (tertiary/aromatic N) is 1. The fraction of sp³-hybridized carbons (Fsp3) is 0.381. The molecule has 0 bridgehead atoms. The molecule has 3 rings (SSSR count). The fourth-order valence-corrected chi connectivity index (χ4v) is 3.50. The Morgan fingerprint density at radius 2 is 1.92 bits per heavy atom. The first-order chi connectivity index (χ1) is 11.8. The molecule has 0 saturated heterocycles. The van der Waals surface area contributed by atoms with E-state index >= 15 is 0 Å². The maximum Gasteiger partial charge on any atom is 0.0833 e. The van der Waals surface area contributed by atoms with E-state index in [2.05, 4.69) is 48.5 Å². The molecule has 1 saturated carbocycles. The molecular formula is C21H28N2OY-2. The molecule has 2 aromatic rings. The Morgan fingerprint density at radius 1 is 1.20 bits per heavy atom. The molecule has 4 heteroatoms. The van der Waals surface area contributed by atoms with Gasteiger partial charge in [-0.15, -0.1) is 0 Å². The molecule has 1 radical (unpaired) electrons. The van der Waals surface area contributed by atoms with Gasteiger partial charge in [-0.25, -0.2) is 0 Å². The van der Waals surface area contributed by atoms with Crippen LogP contribution in [0.3, 0.4) is 0 Å². The van der Waals surface area contributed by atoms with Crippen molar-refractivity contribution in [3.8, 4) is 0 Å². The maximum atomic E-state index is 10.5. The summed E-state index contributed by atoms with van der Waals surface area (Å²) in [5.74, 6) is 1.02. The molecule has 3 nitrogen and oxygen atoms in total. The van der Waals surface area contributed by atoms with Gasteiger partial charge in [0, 0.05) is 50.8 Å². The Bertz CT molecular complexity index is 589. The van der Waals surface area contributed by atoms with Crippen molar-refractivity contribution in [1.29, 1.82) is 0 Å². The molecule has 133 valence electrons. The van der Waals surface area contributed by atoms with E-state index in [4.69, 9.17) is 0 Å². The summed E-state index contributed by atoms with van der Waals surface area (Å²) in [5.41, 5.74) is 3.35. The Kier molecular flexibility index (Phi) is 10.5. The molecule has 1 heterocycles. The van der Waals surface area contributed by atoms with Gasteiger partial charge in [0.15, 0.2) is 0 Å². The Hall–Kier alpha value is -0.766. The van der Waals surface area contributed by atoms with E-state index in [1.54, 1.807) is 19.3 Å². The van der Waals surface area contributed by atoms with Gasteiger partial charge in [-0.1, -0.05) is 18.2 Å². The molecular weight excluding hydrogens is 385 g/mol. The first-order valence-electron chi connectivity index (χ1n) is 8.67. The first kappa shape index (κ1) is 22.3. The first-order valence-corrected chi connectivity index (χ1v) is 8.67. The number of rotatable bonds is 5. The second-order valence-corrected chi connectivity index (χ2v) is 6.25. The number of pyridine rings is 1. The summed E-state index contributed by atoms with van der Waals surface area (Å²) < 4.78 is 0. The van der Waals surface area contributed by atoms with Gasteiger partial charge in [0.2, 0.25) is 0 Å². The average Bonchev–Trinajstić information content (AvgIpc) is 3.12. The normalized spacial score (nSPS) is 20.0. The number of aromatic nitrogens is 1. The van der Waals surface area contributed by atoms with Gasteiger partial charge in [0.25, 0.3) is 0 Å². The maximum absolute atomic E-state index is 10.5. The monoisotopic (exact) mass is 413 g/mol. The Labute approximate surface area is 177 Å². The van der Waals surface area contributed by atoms with Crippen molar-refractivity contribution >= 4 is 5.69 Å². The molecule has 1 aromatic heterocycles. The van der Waals surface area contributed by atoms with Crippen LogP contribution in [0.1, 0.15) is 43.4 Å². The van der Waals surface area contributed by atoms with Crippen LogP contribution in [-0.2, 0) is 39.1 Å². The van der Waals surface area contributed by atoms with E-state index < -0.39 is 0 Å². The number of hydrogen-bond acceptors (Lipinski definition) is 3. The number of aliphatic hydroxyl groups excluding tert-OH is 1. The molecule has 3 atom stereocenters. The summed E-state index contributed by atoms with van der Waals surface area (Å²) in [7, 11) is 3.66. The molecule has 0 spiro atoms. The van der Waals surface area contributed by atoms with Crippen molar-refractivity contribution in [3.05, 3.63) is 73.9 Å². The largest absolute Gasteiger partial charge is 0.538 e. The van der Waals surface area contributed by atoms with E-state index in [1.165, 1.54) is 12.0 Å². The molecule has 25 heavy (non-hydrogen) atoms. The predicted octanol–water partition coefficient (Wildman–Crippen LogP) is 4.82. The zero-order valence-corrected chi connectivity index (χ0v) is 17.9. The fourth-order valence-electron chi connectivity index (χ4n) is 3.50. The van der Waals surface area contributed by atoms with E-state index in [0.717, 1.165) is 30.5 Å². The van der Waals surface area contributed by atoms with Crippen molar-refractivity contribution in [3.63, 3.8) is 0 Å². The zero-order valence-electron chi connectivity index (χ0n) is 15.1. The minimum Gasteiger partial charge on any atom is -0.538 e. The summed E-state index contributed by atoms with van der Waals surface area (Å²) in [4.78, 5) is 4.11. The number of benzene rings is 1. The van der Waals surface area contributed by atoms with E-state index in [9.17, 15) is 5.11 Å². The third-order valence-corrected chi connectivity index (χ3v) is 4.74. The van der Waals surface area contributed by atoms with Crippen LogP contribution in [0.2, 0.25) is 0 Å². The van der Waals surface area contributed by atoms with Crippen LogP contribution in [0, 0.1) is 25.8 Å². The third-order valence-electron chi connectivity index (χ3n) is 4.74. The van der Waals surface area contributed by atoms with Crippen LogP contribution < -0.4 is 5.32 Å². The van der Waals surface area contributed by atoms with Crippen LogP contribution in [0.5, 0.6) is 0 Å². The van der Waals surface area contributed by atoms with E-state index in [-0.39, 0.29) is 38.8 Å². The average molecular weight is 413 g/mol. The number of aliphatic hydroxyl groups is 1. The van der Waals surface area contributed by atoms with Crippen molar-refractivity contribution in [2.45, 2.75) is 38.7 Å². The second-order valence-electron chi connectivity index (χ2n) is 6.25. The minimum absolute atomic E-state index is 0. The van der Waals surface area contributed by atoms with Crippen LogP contribution >= 0.6 is 0 Å². The predicted molar refractivity (Wildman–Crippen MR) is 100 cm³/mol. The molecule has 0 amide bonds. The number of anilines is 1. The minimum atomic E-state index is -0.378. The van der Waals surface area contributed by atoms with Crippen LogP contribution in [0.25, 0.3) is 0 Å². The Balaban J connectivity index is 0.00000101. The molecule has 3 unspecified atom stereocenters. The van der Waals surface area contributed by atoms with Gasteiger partial charge in [-0.3, -0.25) is 12.0 Å². The van der Waals surface area contributed by atoms with Crippen molar-refractivity contribution in [2.75, 3.05) is 5.32 Å². The van der Waals surface area contributed by atoms with Crippen molar-refractivity contribution < 1.29 is 37.8 Å². The summed E-state index contributed by atoms with van der Waals surface area (Å²) in [6.45, 7) is 5.00. The molecule has 1 aliphatic rings. The number of nitrogens with one attached hydrogen (secondary N) is 1. The number of hydrogen-bond donors (Lipinski definition) is 2. The van der Waals surface area contributed by atoms with Crippen LogP contribution in [-0.4, -0.2) is 10.1 Å². The summed E-state index contributed by atoms with van der Waals surface area (Å²) in [6, 6.07) is 12.3. The summed E-state index contributed by atoms with van der Waals surface area (Å²) in [6.07, 6.45) is 7.62. The molecule has 2 N–H and O–H groups in total. The van der Waals surface area contributed by atoms with Crippen molar-refractivity contribution in [1.82, 2.24) is 4.98 Å². The third kappa shape index (κ3) is 6.47. The van der Waals surface area contributed by atoms with Gasteiger partial charge in [-0.05, 0) is 66.8 Å². The van der Waals surface area contributed by atoms with Crippen molar-refractivity contribution in [2.24, 2.45) is 11.8 Å². The quantitative estimate of drug-likeness (QED) is 0.692. The summed E-state index contributed by atoms with van der Waals surface area (Å²) in [5, 5.41) is 13.4. The van der Waals surface area contributed by atoms with Gasteiger partial charge in [0.05, 0.1) is 6.10 Å². The van der Waals surface area contributed by atoms with Gasteiger partial charge >= 0.3 is 0 Å². The molecule has 1 aliphatic carbocycles. The standard InChI is InChI=1S/C19H23N2O.C2H5.Y/c1-20-18-8-5-14(6-9-18)11-15-4-7-16(12-15)19(22)17-3-2-10-21-13-17;1-2;/h2-3,5-6,8-10,13,15-16,19-20,22H,1,4,7,11-12H2;1H2,2H3;/q2*-1;. The molecule has 0 aliphatic heterocycles. The van der Waals surface area contributed by atoms with Gasteiger partial charge < -0.3 is 17.3 Å². The van der Waals surface area contributed by atoms with Crippen LogP contribution in [0.15, 0.2) is 48.8 Å². The van der Waals surface area contributed by atoms with E-state index in [1.807, 2.05) is 12.1 Å². The molecule has 1 fully saturated rings. The smallest absolute Gasteiger partial charge is 0.0833 e. The Morgan fingerprint density at radius 3 is 2.52 bits per heavy atom. The zero-order chi connectivity index (χ0) is 17.4. The second kappa shape index (κ2) is 11.8. The summed E-state index contributed by atoms with van der Waals surface area (Å²) >= 11 is 0. The van der Waals surface area contributed by atoms with Gasteiger partial charge in [-0.2, -0.15) is 6.92 Å².